The minimum Gasteiger partial charge on any atom is -0.368 e. The summed E-state index contributed by atoms with van der Waals surface area (Å²) in [4.78, 5) is 25.6. The average molecular weight is 268 g/mol. The fourth-order valence-electron chi connectivity index (χ4n) is 3.09. The van der Waals surface area contributed by atoms with Crippen molar-refractivity contribution in [2.24, 2.45) is 5.92 Å². The fraction of sp³-hybridized carbons (Fsp3) is 0.846. The van der Waals surface area contributed by atoms with Gasteiger partial charge in [-0.3, -0.25) is 9.59 Å². The van der Waals surface area contributed by atoms with E-state index in [2.05, 4.69) is 5.32 Å². The van der Waals surface area contributed by atoms with Gasteiger partial charge in [0, 0.05) is 19.7 Å². The van der Waals surface area contributed by atoms with Crippen LogP contribution in [0.5, 0.6) is 0 Å². The minimum atomic E-state index is -0.309. The summed E-state index contributed by atoms with van der Waals surface area (Å²) in [6.45, 7) is 4.06. The molecular weight excluding hydrogens is 248 g/mol. The quantitative estimate of drug-likeness (QED) is 0.698. The summed E-state index contributed by atoms with van der Waals surface area (Å²) in [5, 5.41) is 2.91. The number of carbonyl (C=O) groups is 2. The van der Waals surface area contributed by atoms with Crippen LogP contribution in [0.3, 0.4) is 0 Å². The topological polar surface area (TPSA) is 67.9 Å². The summed E-state index contributed by atoms with van der Waals surface area (Å²) in [5.41, 5.74) is 0. The molecule has 19 heavy (non-hydrogen) atoms. The van der Waals surface area contributed by atoms with Crippen LogP contribution in [0.4, 0.5) is 0 Å². The number of hydrogen-bond acceptors (Lipinski definition) is 4. The summed E-state index contributed by atoms with van der Waals surface area (Å²) in [7, 11) is 0. The smallest absolute Gasteiger partial charge is 0.252 e. The average Bonchev–Trinajstić information content (AvgIpc) is 2.83. The maximum absolute atomic E-state index is 12.4. The third-order valence-electron chi connectivity index (χ3n) is 4.27. The number of fused-ring (bicyclic) bond motifs is 1. The molecular formula is C13H20N2O4. The lowest BCUT2D eigenvalue weighted by Gasteiger charge is -2.41. The third kappa shape index (κ3) is 2.47. The molecule has 0 spiro atoms. The molecule has 3 saturated heterocycles. The number of carbonyl (C=O) groups excluding carboxylic acids is 2. The van der Waals surface area contributed by atoms with Crippen LogP contribution in [0.15, 0.2) is 0 Å². The second kappa shape index (κ2) is 5.09. The summed E-state index contributed by atoms with van der Waals surface area (Å²) in [5.74, 6) is 0.242. The molecule has 6 heteroatoms. The van der Waals surface area contributed by atoms with Gasteiger partial charge in [-0.05, 0) is 18.8 Å². The molecule has 6 nitrogen and oxygen atoms in total. The van der Waals surface area contributed by atoms with Crippen molar-refractivity contribution in [2.75, 3.05) is 26.3 Å². The van der Waals surface area contributed by atoms with Crippen LogP contribution in [0, 0.1) is 5.92 Å². The Labute approximate surface area is 112 Å². The van der Waals surface area contributed by atoms with E-state index in [1.54, 1.807) is 0 Å². The molecule has 0 radical (unpaired) electrons. The minimum absolute atomic E-state index is 0.0451. The molecule has 3 fully saturated rings. The van der Waals surface area contributed by atoms with Gasteiger partial charge in [0.25, 0.3) is 5.91 Å². The van der Waals surface area contributed by atoms with Crippen LogP contribution in [0.2, 0.25) is 0 Å². The summed E-state index contributed by atoms with van der Waals surface area (Å²) in [6.07, 6.45) is 1.45. The zero-order valence-corrected chi connectivity index (χ0v) is 11.1. The Morgan fingerprint density at radius 1 is 1.37 bits per heavy atom. The van der Waals surface area contributed by atoms with E-state index in [4.69, 9.17) is 9.47 Å². The predicted molar refractivity (Wildman–Crippen MR) is 66.4 cm³/mol. The van der Waals surface area contributed by atoms with Gasteiger partial charge in [0.2, 0.25) is 5.91 Å². The molecule has 3 heterocycles. The van der Waals surface area contributed by atoms with Crippen LogP contribution in [0.25, 0.3) is 0 Å². The van der Waals surface area contributed by atoms with E-state index in [1.165, 1.54) is 0 Å². The maximum Gasteiger partial charge on any atom is 0.252 e. The highest BCUT2D eigenvalue weighted by Gasteiger charge is 2.40. The van der Waals surface area contributed by atoms with Gasteiger partial charge < -0.3 is 19.7 Å². The molecule has 4 atom stereocenters. The van der Waals surface area contributed by atoms with Crippen molar-refractivity contribution < 1.29 is 19.1 Å². The van der Waals surface area contributed by atoms with Gasteiger partial charge >= 0.3 is 0 Å². The number of morpholine rings is 1. The predicted octanol–water partition coefficient (Wildman–Crippen LogP) is -0.473. The molecule has 0 saturated carbocycles. The van der Waals surface area contributed by atoms with E-state index in [0.29, 0.717) is 19.7 Å². The molecule has 106 valence electrons. The lowest BCUT2D eigenvalue weighted by molar-refractivity contribution is -0.152. The van der Waals surface area contributed by atoms with Crippen molar-refractivity contribution in [1.82, 2.24) is 10.2 Å². The molecule has 0 aromatic rings. The number of ether oxygens (including phenoxy) is 2. The van der Waals surface area contributed by atoms with Crippen molar-refractivity contribution in [3.05, 3.63) is 0 Å². The maximum atomic E-state index is 12.4. The monoisotopic (exact) mass is 268 g/mol. The van der Waals surface area contributed by atoms with Gasteiger partial charge in [0.05, 0.1) is 12.1 Å². The molecule has 0 aromatic heterocycles. The van der Waals surface area contributed by atoms with Crippen molar-refractivity contribution in [1.29, 1.82) is 0 Å². The highest BCUT2D eigenvalue weighted by molar-refractivity contribution is 5.82. The first-order valence-corrected chi connectivity index (χ1v) is 6.96. The molecule has 1 N–H and O–H groups in total. The largest absolute Gasteiger partial charge is 0.368 e. The van der Waals surface area contributed by atoms with Crippen molar-refractivity contribution >= 4 is 11.8 Å². The summed E-state index contributed by atoms with van der Waals surface area (Å²) in [6, 6.07) is -0.0735. The van der Waals surface area contributed by atoms with Crippen LogP contribution < -0.4 is 5.32 Å². The highest BCUT2D eigenvalue weighted by atomic mass is 16.5. The Hall–Kier alpha value is -1.14. The lowest BCUT2D eigenvalue weighted by atomic mass is 9.98. The van der Waals surface area contributed by atoms with Gasteiger partial charge in [-0.25, -0.2) is 0 Å². The molecule has 0 aliphatic carbocycles. The number of nitrogens with zero attached hydrogens (tertiary/aromatic N) is 1. The van der Waals surface area contributed by atoms with Crippen LogP contribution >= 0.6 is 0 Å². The Balaban J connectivity index is 1.63. The molecule has 3 rings (SSSR count). The Morgan fingerprint density at radius 2 is 2.21 bits per heavy atom. The fourth-order valence-corrected chi connectivity index (χ4v) is 3.09. The first-order valence-electron chi connectivity index (χ1n) is 6.96. The lowest BCUT2D eigenvalue weighted by Crippen LogP contribution is -2.62. The van der Waals surface area contributed by atoms with Gasteiger partial charge in [-0.2, -0.15) is 0 Å². The number of rotatable bonds is 1. The first-order chi connectivity index (χ1) is 9.15. The molecule has 0 aromatic carbocycles. The second-order valence-corrected chi connectivity index (χ2v) is 5.65. The standard InChI is InChI=1S/C13H20N2O4/c1-8-3-5-18-12(8)13(17)15-4-2-10-9(6-15)14-11(16)7-19-10/h8-10,12H,2-7H2,1H3,(H,14,16)/t8-,9-,10+,12+/m1/s1. The number of hydrogen-bond donors (Lipinski definition) is 1. The van der Waals surface area contributed by atoms with Crippen molar-refractivity contribution in [3.63, 3.8) is 0 Å². The number of piperidine rings is 1. The first kappa shape index (κ1) is 12.9. The second-order valence-electron chi connectivity index (χ2n) is 5.65. The van der Waals surface area contributed by atoms with E-state index in [1.807, 2.05) is 11.8 Å². The molecule has 0 bridgehead atoms. The van der Waals surface area contributed by atoms with Crippen molar-refractivity contribution in [2.45, 2.75) is 38.0 Å². The SMILES string of the molecule is C[C@@H]1CCO[C@@H]1C(=O)N1CC[C@@H]2OCC(=O)N[C@@H]2C1. The van der Waals surface area contributed by atoms with Gasteiger partial charge in [0.15, 0.2) is 0 Å². The zero-order valence-electron chi connectivity index (χ0n) is 11.1. The van der Waals surface area contributed by atoms with Crippen LogP contribution in [-0.2, 0) is 19.1 Å². The molecule has 2 amide bonds. The molecule has 0 unspecified atom stereocenters. The zero-order chi connectivity index (χ0) is 13.4. The Morgan fingerprint density at radius 3 is 2.95 bits per heavy atom. The van der Waals surface area contributed by atoms with Crippen LogP contribution in [-0.4, -0.2) is 61.3 Å². The van der Waals surface area contributed by atoms with Gasteiger partial charge in [-0.1, -0.05) is 6.92 Å². The molecule has 3 aliphatic rings. The van der Waals surface area contributed by atoms with E-state index < -0.39 is 0 Å². The van der Waals surface area contributed by atoms with Crippen molar-refractivity contribution in [3.8, 4) is 0 Å². The highest BCUT2D eigenvalue weighted by Crippen LogP contribution is 2.24. The van der Waals surface area contributed by atoms with Gasteiger partial charge in [0.1, 0.15) is 12.7 Å². The third-order valence-corrected chi connectivity index (χ3v) is 4.27. The summed E-state index contributed by atoms with van der Waals surface area (Å²) < 4.78 is 11.0. The van der Waals surface area contributed by atoms with Gasteiger partial charge in [-0.15, -0.1) is 0 Å². The summed E-state index contributed by atoms with van der Waals surface area (Å²) >= 11 is 0. The Bertz CT molecular complexity index is 387. The number of nitrogens with one attached hydrogen (secondary N) is 1. The van der Waals surface area contributed by atoms with E-state index in [-0.39, 0.29) is 42.6 Å². The molecule has 3 aliphatic heterocycles. The van der Waals surface area contributed by atoms with Crippen LogP contribution in [0.1, 0.15) is 19.8 Å². The number of likely N-dealkylation sites (tertiary alicyclic amines) is 1. The number of amides is 2. The van der Waals surface area contributed by atoms with E-state index >= 15 is 0 Å². The Kier molecular flexibility index (Phi) is 3.45. The van der Waals surface area contributed by atoms with E-state index in [9.17, 15) is 9.59 Å². The normalized spacial score (nSPS) is 38.8. The van der Waals surface area contributed by atoms with E-state index in [0.717, 1.165) is 12.8 Å².